The van der Waals surface area contributed by atoms with Crippen LogP contribution >= 0.6 is 0 Å². The molecule has 0 saturated heterocycles. The van der Waals surface area contributed by atoms with Crippen molar-refractivity contribution in [2.75, 3.05) is 6.61 Å². The van der Waals surface area contributed by atoms with Crippen LogP contribution in [0.5, 0.6) is 0 Å². The first-order valence-electron chi connectivity index (χ1n) is 6.23. The molecular weight excluding hydrogens is 328 g/mol. The summed E-state index contributed by atoms with van der Waals surface area (Å²) in [6.07, 6.45) is -11.2. The standard InChI is InChI=1S/C13H11F6N3O/c1-11(12(14,15)16,13(17,18)19)6-23-22-9(20)7-4-2-3-5-8(7)10(22)21/h2-5,20-21H,6H2,1H3. The summed E-state index contributed by atoms with van der Waals surface area (Å²) in [5.41, 5.74) is -3.73. The Bertz CT molecular complexity index is 603. The van der Waals surface area contributed by atoms with E-state index in [-0.39, 0.29) is 18.1 Å². The van der Waals surface area contributed by atoms with Crippen LogP contribution in [-0.2, 0) is 4.84 Å². The van der Waals surface area contributed by atoms with E-state index in [1.807, 2.05) is 0 Å². The lowest BCUT2D eigenvalue weighted by atomic mass is 9.90. The first kappa shape index (κ1) is 17.3. The Labute approximate surface area is 126 Å². The van der Waals surface area contributed by atoms with Crippen molar-refractivity contribution in [2.45, 2.75) is 19.3 Å². The van der Waals surface area contributed by atoms with Gasteiger partial charge in [-0.1, -0.05) is 24.3 Å². The summed E-state index contributed by atoms with van der Waals surface area (Å²) in [5, 5.41) is 15.8. The summed E-state index contributed by atoms with van der Waals surface area (Å²) in [6.45, 7) is -1.82. The molecule has 0 unspecified atom stereocenters. The van der Waals surface area contributed by atoms with Crippen LogP contribution in [0.4, 0.5) is 26.3 Å². The molecule has 0 atom stereocenters. The van der Waals surface area contributed by atoms with Crippen molar-refractivity contribution in [1.82, 2.24) is 5.06 Å². The van der Waals surface area contributed by atoms with Crippen molar-refractivity contribution in [2.24, 2.45) is 5.41 Å². The molecule has 0 aliphatic carbocycles. The van der Waals surface area contributed by atoms with Crippen LogP contribution in [0.2, 0.25) is 0 Å². The van der Waals surface area contributed by atoms with Crippen LogP contribution in [0.25, 0.3) is 0 Å². The third-order valence-corrected chi connectivity index (χ3v) is 3.58. The fourth-order valence-electron chi connectivity index (χ4n) is 1.87. The molecule has 2 N–H and O–H groups in total. The summed E-state index contributed by atoms with van der Waals surface area (Å²) in [4.78, 5) is 4.57. The Hall–Kier alpha value is -2.10. The van der Waals surface area contributed by atoms with Crippen LogP contribution in [-0.4, -0.2) is 35.7 Å². The van der Waals surface area contributed by atoms with E-state index in [1.54, 1.807) is 0 Å². The maximum Gasteiger partial charge on any atom is 0.405 e. The van der Waals surface area contributed by atoms with E-state index in [0.29, 0.717) is 5.06 Å². The minimum Gasteiger partial charge on any atom is -0.282 e. The fourth-order valence-corrected chi connectivity index (χ4v) is 1.87. The molecule has 0 aromatic heterocycles. The highest BCUT2D eigenvalue weighted by molar-refractivity contribution is 6.22. The summed E-state index contributed by atoms with van der Waals surface area (Å²) in [6, 6.07) is 5.89. The van der Waals surface area contributed by atoms with Crippen LogP contribution in [0.3, 0.4) is 0 Å². The van der Waals surface area contributed by atoms with E-state index in [0.717, 1.165) is 0 Å². The van der Waals surface area contributed by atoms with Gasteiger partial charge in [-0.25, -0.2) is 0 Å². The maximum absolute atomic E-state index is 12.8. The van der Waals surface area contributed by atoms with Crippen molar-refractivity contribution in [3.05, 3.63) is 35.4 Å². The Morgan fingerprint density at radius 3 is 1.65 bits per heavy atom. The van der Waals surface area contributed by atoms with Crippen molar-refractivity contribution in [3.8, 4) is 0 Å². The monoisotopic (exact) mass is 339 g/mol. The number of benzene rings is 1. The third-order valence-electron chi connectivity index (χ3n) is 3.58. The third kappa shape index (κ3) is 2.67. The average molecular weight is 339 g/mol. The van der Waals surface area contributed by atoms with E-state index in [4.69, 9.17) is 10.8 Å². The summed E-state index contributed by atoms with van der Waals surface area (Å²) < 4.78 is 76.8. The molecule has 0 amide bonds. The molecule has 1 aromatic rings. The Balaban J connectivity index is 2.24. The lowest BCUT2D eigenvalue weighted by Crippen LogP contribution is -2.52. The lowest BCUT2D eigenvalue weighted by molar-refractivity contribution is -0.353. The van der Waals surface area contributed by atoms with Crippen LogP contribution in [0, 0.1) is 16.2 Å². The van der Waals surface area contributed by atoms with Gasteiger partial charge in [-0.05, 0) is 6.92 Å². The zero-order valence-corrected chi connectivity index (χ0v) is 11.6. The van der Waals surface area contributed by atoms with E-state index in [9.17, 15) is 26.3 Å². The molecule has 1 aliphatic rings. The number of nitrogens with one attached hydrogen (secondary N) is 2. The van der Waals surface area contributed by atoms with Gasteiger partial charge in [0.2, 0.25) is 0 Å². The van der Waals surface area contributed by atoms with E-state index < -0.39 is 36.0 Å². The largest absolute Gasteiger partial charge is 0.405 e. The molecule has 10 heteroatoms. The number of hydrogen-bond donors (Lipinski definition) is 2. The number of alkyl halides is 6. The molecular formula is C13H11F6N3O. The second-order valence-corrected chi connectivity index (χ2v) is 5.14. The first-order valence-corrected chi connectivity index (χ1v) is 6.23. The minimum atomic E-state index is -5.60. The molecule has 0 bridgehead atoms. The quantitative estimate of drug-likeness (QED) is 0.825. The van der Waals surface area contributed by atoms with Crippen molar-refractivity contribution in [3.63, 3.8) is 0 Å². The summed E-state index contributed by atoms with van der Waals surface area (Å²) in [7, 11) is 0. The number of hydroxylamine groups is 2. The number of amidine groups is 2. The summed E-state index contributed by atoms with van der Waals surface area (Å²) >= 11 is 0. The minimum absolute atomic E-state index is 0.0244. The predicted molar refractivity (Wildman–Crippen MR) is 68.1 cm³/mol. The highest BCUT2D eigenvalue weighted by atomic mass is 19.4. The zero-order chi connectivity index (χ0) is 17.6. The van der Waals surface area contributed by atoms with E-state index >= 15 is 0 Å². The molecule has 0 spiro atoms. The normalized spacial score (nSPS) is 16.0. The van der Waals surface area contributed by atoms with Gasteiger partial charge in [-0.15, -0.1) is 0 Å². The van der Waals surface area contributed by atoms with E-state index in [1.165, 1.54) is 24.3 Å². The smallest absolute Gasteiger partial charge is 0.282 e. The Morgan fingerprint density at radius 2 is 1.30 bits per heavy atom. The highest BCUT2D eigenvalue weighted by Crippen LogP contribution is 2.50. The Morgan fingerprint density at radius 1 is 0.913 bits per heavy atom. The number of rotatable bonds is 3. The number of nitrogens with zero attached hydrogens (tertiary/aromatic N) is 1. The first-order chi connectivity index (χ1) is 10.4. The van der Waals surface area contributed by atoms with Crippen molar-refractivity contribution >= 4 is 11.7 Å². The van der Waals surface area contributed by atoms with Gasteiger partial charge in [0.25, 0.3) is 0 Å². The van der Waals surface area contributed by atoms with Gasteiger partial charge in [0.05, 0.1) is 6.61 Å². The predicted octanol–water partition coefficient (Wildman–Crippen LogP) is 3.72. The van der Waals surface area contributed by atoms with Gasteiger partial charge in [-0.2, -0.15) is 31.4 Å². The van der Waals surface area contributed by atoms with Gasteiger partial charge in [0.15, 0.2) is 17.1 Å². The van der Waals surface area contributed by atoms with Crippen LogP contribution < -0.4 is 0 Å². The second kappa shape index (κ2) is 5.22. The average Bonchev–Trinajstić information content (AvgIpc) is 2.67. The topological polar surface area (TPSA) is 60.2 Å². The second-order valence-electron chi connectivity index (χ2n) is 5.14. The highest BCUT2D eigenvalue weighted by Gasteiger charge is 2.68. The van der Waals surface area contributed by atoms with Crippen LogP contribution in [0.1, 0.15) is 18.1 Å². The van der Waals surface area contributed by atoms with Gasteiger partial charge < -0.3 is 0 Å². The molecule has 0 fully saturated rings. The van der Waals surface area contributed by atoms with Gasteiger partial charge in [0.1, 0.15) is 0 Å². The van der Waals surface area contributed by atoms with Crippen molar-refractivity contribution in [1.29, 1.82) is 10.8 Å². The molecule has 0 radical (unpaired) electrons. The Kier molecular flexibility index (Phi) is 3.92. The number of halogens is 6. The lowest BCUT2D eigenvalue weighted by Gasteiger charge is -2.34. The van der Waals surface area contributed by atoms with Gasteiger partial charge in [0, 0.05) is 11.1 Å². The summed E-state index contributed by atoms with van der Waals surface area (Å²) in [5.74, 6) is -0.977. The zero-order valence-electron chi connectivity index (χ0n) is 11.6. The van der Waals surface area contributed by atoms with Gasteiger partial charge in [-0.3, -0.25) is 15.7 Å². The molecule has 0 saturated carbocycles. The molecule has 1 aromatic carbocycles. The molecule has 1 aliphatic heterocycles. The van der Waals surface area contributed by atoms with Crippen molar-refractivity contribution < 1.29 is 31.2 Å². The maximum atomic E-state index is 12.8. The molecule has 4 nitrogen and oxygen atoms in total. The van der Waals surface area contributed by atoms with Crippen LogP contribution in [0.15, 0.2) is 24.3 Å². The number of hydrogen-bond acceptors (Lipinski definition) is 3. The molecule has 126 valence electrons. The van der Waals surface area contributed by atoms with E-state index in [2.05, 4.69) is 4.84 Å². The SMILES string of the molecule is CC(CON1C(=N)c2ccccc2C1=N)(C(F)(F)F)C(F)(F)F. The fraction of sp³-hybridized carbons (Fsp3) is 0.385. The molecule has 2 rings (SSSR count). The molecule has 23 heavy (non-hydrogen) atoms. The van der Waals surface area contributed by atoms with Gasteiger partial charge >= 0.3 is 12.4 Å². The number of fused-ring (bicyclic) bond motifs is 1. The molecule has 1 heterocycles.